The predicted octanol–water partition coefficient (Wildman–Crippen LogP) is 2.85. The first-order valence-electron chi connectivity index (χ1n) is 7.58. The highest BCUT2D eigenvalue weighted by Crippen LogP contribution is 2.34. The van der Waals surface area contributed by atoms with Gasteiger partial charge in [0.05, 0.1) is 12.2 Å². The van der Waals surface area contributed by atoms with E-state index in [-0.39, 0.29) is 17.8 Å². The maximum absolute atomic E-state index is 13.3. The Morgan fingerprint density at radius 3 is 2.90 bits per heavy atom. The van der Waals surface area contributed by atoms with Gasteiger partial charge in [-0.3, -0.25) is 4.79 Å². The maximum atomic E-state index is 13.3. The molecule has 0 saturated heterocycles. The van der Waals surface area contributed by atoms with Gasteiger partial charge in [0, 0.05) is 12.5 Å². The van der Waals surface area contributed by atoms with E-state index in [0.29, 0.717) is 30.9 Å². The second kappa shape index (κ2) is 7.41. The van der Waals surface area contributed by atoms with Crippen molar-refractivity contribution in [3.8, 4) is 5.75 Å². The standard InChI is InChI=1S/C16H23FN2O2/c1-12-11-19(16(20)6-4-2-3-5-9-18)14-8-7-13(17)10-15(14)21-12/h7-8,10,12H,2-6,9,11,18H2,1H3. The molecule has 0 saturated carbocycles. The van der Waals surface area contributed by atoms with Crippen LogP contribution in [0.4, 0.5) is 10.1 Å². The average molecular weight is 294 g/mol. The highest BCUT2D eigenvalue weighted by atomic mass is 19.1. The molecule has 1 unspecified atom stereocenters. The largest absolute Gasteiger partial charge is 0.487 e. The van der Waals surface area contributed by atoms with Gasteiger partial charge in [-0.2, -0.15) is 0 Å². The van der Waals surface area contributed by atoms with Gasteiger partial charge in [0.15, 0.2) is 0 Å². The Labute approximate surface area is 125 Å². The molecule has 1 aromatic carbocycles. The maximum Gasteiger partial charge on any atom is 0.227 e. The second-order valence-electron chi connectivity index (χ2n) is 5.50. The molecule has 2 N–H and O–H groups in total. The molecule has 4 nitrogen and oxygen atoms in total. The lowest BCUT2D eigenvalue weighted by molar-refractivity contribution is -0.119. The van der Waals surface area contributed by atoms with Crippen LogP contribution >= 0.6 is 0 Å². The summed E-state index contributed by atoms with van der Waals surface area (Å²) in [4.78, 5) is 14.1. The van der Waals surface area contributed by atoms with Gasteiger partial charge in [0.25, 0.3) is 0 Å². The monoisotopic (exact) mass is 294 g/mol. The average Bonchev–Trinajstić information content (AvgIpc) is 2.45. The van der Waals surface area contributed by atoms with Gasteiger partial charge in [-0.05, 0) is 38.4 Å². The fraction of sp³-hybridized carbons (Fsp3) is 0.562. The first-order chi connectivity index (χ1) is 10.1. The summed E-state index contributed by atoms with van der Waals surface area (Å²) in [5.41, 5.74) is 6.12. The van der Waals surface area contributed by atoms with Crippen LogP contribution in [0.1, 0.15) is 39.0 Å². The molecule has 1 heterocycles. The van der Waals surface area contributed by atoms with Crippen LogP contribution in [-0.2, 0) is 4.79 Å². The SMILES string of the molecule is CC1CN(C(=O)CCCCCCN)c2ccc(F)cc2O1. The lowest BCUT2D eigenvalue weighted by atomic mass is 10.1. The molecule has 116 valence electrons. The van der Waals surface area contributed by atoms with Crippen LogP contribution in [0, 0.1) is 5.82 Å². The molecule has 1 amide bonds. The molecule has 1 aliphatic heterocycles. The van der Waals surface area contributed by atoms with Gasteiger partial charge >= 0.3 is 0 Å². The van der Waals surface area contributed by atoms with Crippen LogP contribution in [0.25, 0.3) is 0 Å². The van der Waals surface area contributed by atoms with Gasteiger partial charge in [-0.15, -0.1) is 0 Å². The third-order valence-electron chi connectivity index (χ3n) is 3.63. The van der Waals surface area contributed by atoms with E-state index in [1.54, 1.807) is 11.0 Å². The number of amides is 1. The summed E-state index contributed by atoms with van der Waals surface area (Å²) in [6.07, 6.45) is 4.32. The van der Waals surface area contributed by atoms with Crippen molar-refractivity contribution in [1.29, 1.82) is 0 Å². The van der Waals surface area contributed by atoms with E-state index in [1.807, 2.05) is 6.92 Å². The number of nitrogens with two attached hydrogens (primary N) is 1. The van der Waals surface area contributed by atoms with E-state index in [2.05, 4.69) is 0 Å². The predicted molar refractivity (Wildman–Crippen MR) is 81.0 cm³/mol. The molecular formula is C16H23FN2O2. The number of hydrogen-bond donors (Lipinski definition) is 1. The van der Waals surface area contributed by atoms with Crippen molar-refractivity contribution in [2.24, 2.45) is 5.73 Å². The Hall–Kier alpha value is -1.62. The first-order valence-corrected chi connectivity index (χ1v) is 7.58. The molecule has 5 heteroatoms. The van der Waals surface area contributed by atoms with Crippen LogP contribution < -0.4 is 15.4 Å². The Morgan fingerprint density at radius 2 is 2.14 bits per heavy atom. The highest BCUT2D eigenvalue weighted by Gasteiger charge is 2.27. The van der Waals surface area contributed by atoms with Crippen LogP contribution in [0.15, 0.2) is 18.2 Å². The number of carbonyl (C=O) groups excluding carboxylic acids is 1. The van der Waals surface area contributed by atoms with Crippen molar-refractivity contribution in [2.75, 3.05) is 18.0 Å². The third-order valence-corrected chi connectivity index (χ3v) is 3.63. The van der Waals surface area contributed by atoms with Gasteiger partial charge in [-0.25, -0.2) is 4.39 Å². The minimum Gasteiger partial charge on any atom is -0.487 e. The van der Waals surface area contributed by atoms with Gasteiger partial charge in [-0.1, -0.05) is 12.8 Å². The van der Waals surface area contributed by atoms with Crippen LogP contribution in [-0.4, -0.2) is 25.1 Å². The van der Waals surface area contributed by atoms with E-state index in [1.165, 1.54) is 12.1 Å². The quantitative estimate of drug-likeness (QED) is 0.821. The van der Waals surface area contributed by atoms with Crippen molar-refractivity contribution in [1.82, 2.24) is 0 Å². The summed E-state index contributed by atoms with van der Waals surface area (Å²) >= 11 is 0. The Balaban J connectivity index is 1.98. The van der Waals surface area contributed by atoms with E-state index in [9.17, 15) is 9.18 Å². The highest BCUT2D eigenvalue weighted by molar-refractivity contribution is 5.95. The van der Waals surface area contributed by atoms with Gasteiger partial charge < -0.3 is 15.4 Å². The summed E-state index contributed by atoms with van der Waals surface area (Å²) in [6.45, 7) is 3.10. The fourth-order valence-corrected chi connectivity index (χ4v) is 2.56. The number of ether oxygens (including phenoxy) is 1. The summed E-state index contributed by atoms with van der Waals surface area (Å²) in [5.74, 6) is 0.174. The van der Waals surface area contributed by atoms with E-state index >= 15 is 0 Å². The number of nitrogens with zero attached hydrogens (tertiary/aromatic N) is 1. The molecule has 1 aliphatic rings. The van der Waals surface area contributed by atoms with Crippen molar-refractivity contribution in [3.63, 3.8) is 0 Å². The molecular weight excluding hydrogens is 271 g/mol. The number of carbonyl (C=O) groups is 1. The number of hydrogen-bond acceptors (Lipinski definition) is 3. The number of anilines is 1. The number of unbranched alkanes of at least 4 members (excludes halogenated alkanes) is 3. The van der Waals surface area contributed by atoms with Gasteiger partial charge in [0.2, 0.25) is 5.91 Å². The Morgan fingerprint density at radius 1 is 1.38 bits per heavy atom. The zero-order chi connectivity index (χ0) is 15.2. The van der Waals surface area contributed by atoms with E-state index < -0.39 is 0 Å². The summed E-state index contributed by atoms with van der Waals surface area (Å²) < 4.78 is 18.9. The Kier molecular flexibility index (Phi) is 5.56. The summed E-state index contributed by atoms with van der Waals surface area (Å²) in [6, 6.07) is 4.31. The third kappa shape index (κ3) is 4.17. The summed E-state index contributed by atoms with van der Waals surface area (Å²) in [5, 5.41) is 0. The second-order valence-corrected chi connectivity index (χ2v) is 5.50. The first kappa shape index (κ1) is 15.8. The lowest BCUT2D eigenvalue weighted by Gasteiger charge is -2.33. The summed E-state index contributed by atoms with van der Waals surface area (Å²) in [7, 11) is 0. The minimum absolute atomic E-state index is 0.0748. The Bertz CT molecular complexity index is 493. The molecule has 0 aliphatic carbocycles. The van der Waals surface area contributed by atoms with Crippen LogP contribution in [0.5, 0.6) is 5.75 Å². The molecule has 2 rings (SSSR count). The molecule has 21 heavy (non-hydrogen) atoms. The molecule has 0 fully saturated rings. The van der Waals surface area contributed by atoms with Crippen molar-refractivity contribution in [2.45, 2.75) is 45.1 Å². The van der Waals surface area contributed by atoms with Crippen molar-refractivity contribution in [3.05, 3.63) is 24.0 Å². The van der Waals surface area contributed by atoms with Crippen molar-refractivity contribution >= 4 is 11.6 Å². The normalized spacial score (nSPS) is 17.3. The zero-order valence-corrected chi connectivity index (χ0v) is 12.5. The van der Waals surface area contributed by atoms with E-state index in [0.717, 1.165) is 25.7 Å². The van der Waals surface area contributed by atoms with Crippen LogP contribution in [0.3, 0.4) is 0 Å². The minimum atomic E-state index is -0.350. The van der Waals surface area contributed by atoms with E-state index in [4.69, 9.17) is 10.5 Å². The lowest BCUT2D eigenvalue weighted by Crippen LogP contribution is -2.42. The fourth-order valence-electron chi connectivity index (χ4n) is 2.56. The van der Waals surface area contributed by atoms with Crippen LogP contribution in [0.2, 0.25) is 0 Å². The number of benzene rings is 1. The topological polar surface area (TPSA) is 55.6 Å². The van der Waals surface area contributed by atoms with Crippen molar-refractivity contribution < 1.29 is 13.9 Å². The number of halogens is 1. The van der Waals surface area contributed by atoms with Gasteiger partial charge in [0.1, 0.15) is 17.7 Å². The molecule has 0 bridgehead atoms. The number of rotatable bonds is 6. The molecule has 1 aromatic rings. The molecule has 0 aromatic heterocycles. The smallest absolute Gasteiger partial charge is 0.227 e. The zero-order valence-electron chi connectivity index (χ0n) is 12.5. The molecule has 0 radical (unpaired) electrons. The molecule has 1 atom stereocenters. The molecule has 0 spiro atoms. The number of fused-ring (bicyclic) bond motifs is 1.